The van der Waals surface area contributed by atoms with Gasteiger partial charge in [0, 0.05) is 24.6 Å². The summed E-state index contributed by atoms with van der Waals surface area (Å²) >= 11 is 0. The van der Waals surface area contributed by atoms with Crippen molar-refractivity contribution in [3.8, 4) is 11.5 Å². The van der Waals surface area contributed by atoms with E-state index in [-0.39, 0.29) is 6.10 Å². The first-order valence-electron chi connectivity index (χ1n) is 10.8. The first-order valence-corrected chi connectivity index (χ1v) is 10.8. The van der Waals surface area contributed by atoms with E-state index in [9.17, 15) is 0 Å². The number of likely N-dealkylation sites (N-methyl/N-ethyl adjacent to an activating group) is 1. The lowest BCUT2D eigenvalue weighted by molar-refractivity contribution is 0.179. The molecule has 1 atom stereocenters. The van der Waals surface area contributed by atoms with E-state index in [1.54, 1.807) is 24.9 Å². The number of rotatable bonds is 9. The van der Waals surface area contributed by atoms with Crippen molar-refractivity contribution in [2.75, 3.05) is 26.0 Å². The maximum Gasteiger partial charge on any atom is 0.145 e. The van der Waals surface area contributed by atoms with Crippen LogP contribution in [0.4, 0.5) is 11.5 Å². The fraction of sp³-hybridized carbons (Fsp3) is 0.280. The van der Waals surface area contributed by atoms with E-state index in [4.69, 9.17) is 9.47 Å². The summed E-state index contributed by atoms with van der Waals surface area (Å²) < 4.78 is 12.2. The van der Waals surface area contributed by atoms with Crippen molar-refractivity contribution < 1.29 is 9.47 Å². The summed E-state index contributed by atoms with van der Waals surface area (Å²) in [5.41, 5.74) is 3.50. The molecule has 0 radical (unpaired) electrons. The molecule has 0 aliphatic carbocycles. The molecule has 0 aliphatic heterocycles. The molecule has 2 heterocycles. The zero-order valence-corrected chi connectivity index (χ0v) is 19.3. The van der Waals surface area contributed by atoms with Gasteiger partial charge >= 0.3 is 0 Å². The Kier molecular flexibility index (Phi) is 6.95. The van der Waals surface area contributed by atoms with Crippen molar-refractivity contribution in [1.29, 1.82) is 0 Å². The second kappa shape index (κ2) is 10.2. The highest BCUT2D eigenvalue weighted by Crippen LogP contribution is 2.33. The number of aromatic nitrogens is 4. The molecule has 0 spiro atoms. The number of hydrogen-bond donors (Lipinski definition) is 1. The number of hydrogen-bond acceptors (Lipinski definition) is 8. The summed E-state index contributed by atoms with van der Waals surface area (Å²) in [7, 11) is 4.06. The van der Waals surface area contributed by atoms with Crippen LogP contribution in [0.2, 0.25) is 0 Å². The molecule has 0 aliphatic rings. The van der Waals surface area contributed by atoms with Gasteiger partial charge in [-0.25, -0.2) is 9.97 Å². The van der Waals surface area contributed by atoms with Crippen molar-refractivity contribution in [2.45, 2.75) is 26.6 Å². The van der Waals surface area contributed by atoms with Crippen molar-refractivity contribution >= 4 is 22.4 Å². The molecule has 170 valence electrons. The molecule has 1 N–H and O–H groups in total. The van der Waals surface area contributed by atoms with Crippen LogP contribution in [-0.4, -0.2) is 51.6 Å². The molecular formula is C25H28N6O2. The highest BCUT2D eigenvalue weighted by atomic mass is 16.5. The minimum Gasteiger partial charge on any atom is -0.489 e. The van der Waals surface area contributed by atoms with Gasteiger partial charge in [0.1, 0.15) is 36.4 Å². The van der Waals surface area contributed by atoms with Crippen molar-refractivity contribution in [3.05, 3.63) is 72.6 Å². The van der Waals surface area contributed by atoms with Crippen LogP contribution in [0.5, 0.6) is 11.5 Å². The molecule has 8 nitrogen and oxygen atoms in total. The van der Waals surface area contributed by atoms with Gasteiger partial charge in [0.05, 0.1) is 22.8 Å². The summed E-state index contributed by atoms with van der Waals surface area (Å²) in [4.78, 5) is 19.3. The molecule has 33 heavy (non-hydrogen) atoms. The molecule has 0 saturated heterocycles. The van der Waals surface area contributed by atoms with Gasteiger partial charge in [0.2, 0.25) is 0 Å². The highest BCUT2D eigenvalue weighted by Gasteiger charge is 2.14. The van der Waals surface area contributed by atoms with E-state index >= 15 is 0 Å². The average Bonchev–Trinajstić information content (AvgIpc) is 2.79. The van der Waals surface area contributed by atoms with Crippen molar-refractivity contribution in [3.63, 3.8) is 0 Å². The lowest BCUT2D eigenvalue weighted by atomic mass is 10.1. The Labute approximate surface area is 193 Å². The van der Waals surface area contributed by atoms with Crippen LogP contribution in [0.3, 0.4) is 0 Å². The fourth-order valence-electron chi connectivity index (χ4n) is 3.62. The SMILES string of the molecule is Cc1cc(Nc2ncnc3cccc(O[C@H](C)CN(C)C)c23)ccc1OCc1cnccn1. The zero-order valence-electron chi connectivity index (χ0n) is 19.3. The lowest BCUT2D eigenvalue weighted by Gasteiger charge is -2.20. The van der Waals surface area contributed by atoms with Crippen LogP contribution in [-0.2, 0) is 6.61 Å². The minimum atomic E-state index is 0.0200. The Morgan fingerprint density at radius 2 is 1.91 bits per heavy atom. The first-order chi connectivity index (χ1) is 16.0. The smallest absolute Gasteiger partial charge is 0.145 e. The van der Waals surface area contributed by atoms with Gasteiger partial charge in [-0.05, 0) is 63.8 Å². The van der Waals surface area contributed by atoms with Crippen LogP contribution in [0.1, 0.15) is 18.2 Å². The zero-order chi connectivity index (χ0) is 23.2. The summed E-state index contributed by atoms with van der Waals surface area (Å²) in [6.07, 6.45) is 6.58. The number of aryl methyl sites for hydroxylation is 1. The quantitative estimate of drug-likeness (QED) is 0.407. The molecule has 8 heteroatoms. The Balaban J connectivity index is 1.55. The van der Waals surface area contributed by atoms with E-state index in [2.05, 4.69) is 37.1 Å². The van der Waals surface area contributed by atoms with Gasteiger partial charge < -0.3 is 19.7 Å². The Morgan fingerprint density at radius 3 is 2.67 bits per heavy atom. The lowest BCUT2D eigenvalue weighted by Crippen LogP contribution is -2.28. The third-order valence-electron chi connectivity index (χ3n) is 5.00. The monoisotopic (exact) mass is 444 g/mol. The molecule has 0 saturated carbocycles. The number of ether oxygens (including phenoxy) is 2. The predicted octanol–water partition coefficient (Wildman–Crippen LogP) is 4.38. The topological polar surface area (TPSA) is 85.3 Å². The van der Waals surface area contributed by atoms with Gasteiger partial charge in [-0.3, -0.25) is 9.97 Å². The van der Waals surface area contributed by atoms with Crippen LogP contribution in [0.25, 0.3) is 10.9 Å². The third-order valence-corrected chi connectivity index (χ3v) is 5.00. The van der Waals surface area contributed by atoms with E-state index in [0.29, 0.717) is 12.4 Å². The van der Waals surface area contributed by atoms with Gasteiger partial charge in [0.15, 0.2) is 0 Å². The van der Waals surface area contributed by atoms with Crippen molar-refractivity contribution in [1.82, 2.24) is 24.8 Å². The number of benzene rings is 2. The molecular weight excluding hydrogens is 416 g/mol. The molecule has 2 aromatic carbocycles. The maximum atomic E-state index is 6.24. The van der Waals surface area contributed by atoms with Gasteiger partial charge in [-0.2, -0.15) is 0 Å². The van der Waals surface area contributed by atoms with Gasteiger partial charge in [-0.15, -0.1) is 0 Å². The molecule has 0 amide bonds. The van der Waals surface area contributed by atoms with E-state index in [1.165, 1.54) is 0 Å². The van der Waals surface area contributed by atoms with Crippen LogP contribution >= 0.6 is 0 Å². The second-order valence-corrected chi connectivity index (χ2v) is 8.15. The summed E-state index contributed by atoms with van der Waals surface area (Å²) in [5, 5.41) is 4.28. The Hall–Kier alpha value is -3.78. The Bertz CT molecular complexity index is 1210. The number of anilines is 2. The van der Waals surface area contributed by atoms with E-state index < -0.39 is 0 Å². The predicted molar refractivity (Wildman–Crippen MR) is 129 cm³/mol. The van der Waals surface area contributed by atoms with Crippen LogP contribution in [0, 0.1) is 6.92 Å². The summed E-state index contributed by atoms with van der Waals surface area (Å²) in [6, 6.07) is 11.8. The second-order valence-electron chi connectivity index (χ2n) is 8.15. The summed E-state index contributed by atoms with van der Waals surface area (Å²) in [5.74, 6) is 2.24. The standard InChI is InChI=1S/C25H28N6O2/c1-17-12-19(8-9-22(17)32-15-20-13-26-10-11-27-20)30-25-24-21(28-16-29-25)6-5-7-23(24)33-18(2)14-31(3)4/h5-13,16,18H,14-15H2,1-4H3,(H,28,29,30)/t18-/m1/s1. The molecule has 2 aromatic heterocycles. The molecule has 0 bridgehead atoms. The highest BCUT2D eigenvalue weighted by molar-refractivity contribution is 5.95. The first kappa shape index (κ1) is 22.4. The minimum absolute atomic E-state index is 0.0200. The number of nitrogens with zero attached hydrogens (tertiary/aromatic N) is 5. The molecule has 0 unspecified atom stereocenters. The molecule has 4 aromatic rings. The number of fused-ring (bicyclic) bond motifs is 1. The third kappa shape index (κ3) is 5.72. The number of nitrogens with one attached hydrogen (secondary N) is 1. The van der Waals surface area contributed by atoms with Crippen LogP contribution in [0.15, 0.2) is 61.3 Å². The normalized spacial score (nSPS) is 12.0. The van der Waals surface area contributed by atoms with Gasteiger partial charge in [0.25, 0.3) is 0 Å². The largest absolute Gasteiger partial charge is 0.489 e. The van der Waals surface area contributed by atoms with Gasteiger partial charge in [-0.1, -0.05) is 6.07 Å². The maximum absolute atomic E-state index is 6.24. The summed E-state index contributed by atoms with van der Waals surface area (Å²) in [6.45, 7) is 5.23. The molecule has 0 fully saturated rings. The molecule has 4 rings (SSSR count). The average molecular weight is 445 g/mol. The van der Waals surface area contributed by atoms with Crippen molar-refractivity contribution in [2.24, 2.45) is 0 Å². The Morgan fingerprint density at radius 1 is 1.03 bits per heavy atom. The van der Waals surface area contributed by atoms with Crippen LogP contribution < -0.4 is 14.8 Å². The van der Waals surface area contributed by atoms with E-state index in [0.717, 1.165) is 45.9 Å². The fourth-order valence-corrected chi connectivity index (χ4v) is 3.62. The van der Waals surface area contributed by atoms with E-state index in [1.807, 2.05) is 57.4 Å².